The van der Waals surface area contributed by atoms with Crippen LogP contribution < -0.4 is 0 Å². The highest BCUT2D eigenvalue weighted by atomic mass is 16.3. The maximum atomic E-state index is 12.7. The van der Waals surface area contributed by atoms with E-state index < -0.39 is 0 Å². The highest BCUT2D eigenvalue weighted by molar-refractivity contribution is 5.96. The first-order valence-electron chi connectivity index (χ1n) is 7.61. The molecule has 0 saturated carbocycles. The summed E-state index contributed by atoms with van der Waals surface area (Å²) in [6.07, 6.45) is 0. The van der Waals surface area contributed by atoms with Crippen LogP contribution in [0.4, 0.5) is 0 Å². The number of rotatable bonds is 5. The molecule has 1 aromatic heterocycles. The summed E-state index contributed by atoms with van der Waals surface area (Å²) >= 11 is 0. The molecule has 0 bridgehead atoms. The molecule has 0 saturated heterocycles. The zero-order valence-corrected chi connectivity index (χ0v) is 13.0. The molecule has 1 N–H and O–H groups in total. The summed E-state index contributed by atoms with van der Waals surface area (Å²) in [5.41, 5.74) is 2.81. The van der Waals surface area contributed by atoms with Crippen LogP contribution in [0, 0.1) is 6.92 Å². The molecule has 0 aliphatic heterocycles. The molecule has 0 aliphatic rings. The largest absolute Gasteiger partial charge is 0.451 e. The van der Waals surface area contributed by atoms with Crippen LogP contribution in [0.2, 0.25) is 0 Å². The number of furan rings is 1. The van der Waals surface area contributed by atoms with E-state index in [4.69, 9.17) is 4.42 Å². The van der Waals surface area contributed by atoms with E-state index in [1.165, 1.54) is 0 Å². The first kappa shape index (κ1) is 15.3. The van der Waals surface area contributed by atoms with Gasteiger partial charge in [-0.25, -0.2) is 0 Å². The van der Waals surface area contributed by atoms with E-state index in [9.17, 15) is 9.90 Å². The predicted octanol–water partition coefficient (Wildman–Crippen LogP) is 3.38. The topological polar surface area (TPSA) is 53.7 Å². The van der Waals surface area contributed by atoms with Gasteiger partial charge in [0.25, 0.3) is 5.91 Å². The van der Waals surface area contributed by atoms with E-state index in [0.717, 1.165) is 16.5 Å². The second kappa shape index (κ2) is 6.67. The molecule has 118 valence electrons. The second-order valence-corrected chi connectivity index (χ2v) is 5.59. The van der Waals surface area contributed by atoms with Gasteiger partial charge in [-0.1, -0.05) is 42.5 Å². The lowest BCUT2D eigenvalue weighted by atomic mass is 10.2. The van der Waals surface area contributed by atoms with Crippen LogP contribution in [0.5, 0.6) is 0 Å². The van der Waals surface area contributed by atoms with E-state index in [0.29, 0.717) is 17.9 Å². The lowest BCUT2D eigenvalue weighted by Crippen LogP contribution is -2.32. The number of aryl methyl sites for hydroxylation is 1. The maximum absolute atomic E-state index is 12.7. The van der Waals surface area contributed by atoms with Gasteiger partial charge in [-0.3, -0.25) is 4.79 Å². The van der Waals surface area contributed by atoms with Crippen LogP contribution in [-0.4, -0.2) is 29.1 Å². The predicted molar refractivity (Wildman–Crippen MR) is 89.2 cm³/mol. The number of benzene rings is 2. The summed E-state index contributed by atoms with van der Waals surface area (Å²) in [5.74, 6) is 0.0896. The Morgan fingerprint density at radius 3 is 2.65 bits per heavy atom. The minimum Gasteiger partial charge on any atom is -0.451 e. The first-order chi connectivity index (χ1) is 11.2. The summed E-state index contributed by atoms with van der Waals surface area (Å²) < 4.78 is 5.70. The normalized spacial score (nSPS) is 10.9. The van der Waals surface area contributed by atoms with E-state index in [2.05, 4.69) is 0 Å². The van der Waals surface area contributed by atoms with Crippen LogP contribution >= 0.6 is 0 Å². The van der Waals surface area contributed by atoms with Crippen molar-refractivity contribution in [1.29, 1.82) is 0 Å². The van der Waals surface area contributed by atoms with E-state index in [-0.39, 0.29) is 19.1 Å². The molecule has 1 heterocycles. The molecule has 0 atom stereocenters. The highest BCUT2D eigenvalue weighted by Crippen LogP contribution is 2.22. The third-order valence-corrected chi connectivity index (χ3v) is 3.76. The Kier molecular flexibility index (Phi) is 4.44. The molecule has 2 aromatic carbocycles. The monoisotopic (exact) mass is 309 g/mol. The molecule has 0 aliphatic carbocycles. The Balaban J connectivity index is 1.87. The van der Waals surface area contributed by atoms with E-state index >= 15 is 0 Å². The molecule has 3 aromatic rings. The van der Waals surface area contributed by atoms with Gasteiger partial charge in [0.1, 0.15) is 5.58 Å². The van der Waals surface area contributed by atoms with Gasteiger partial charge in [0, 0.05) is 18.5 Å². The Labute approximate surface area is 135 Å². The van der Waals surface area contributed by atoms with Crippen molar-refractivity contribution >= 4 is 16.9 Å². The van der Waals surface area contributed by atoms with Gasteiger partial charge in [-0.05, 0) is 30.2 Å². The summed E-state index contributed by atoms with van der Waals surface area (Å²) in [7, 11) is 0. The van der Waals surface area contributed by atoms with Gasteiger partial charge in [-0.2, -0.15) is 0 Å². The number of carbonyl (C=O) groups is 1. The minimum atomic E-state index is -0.211. The zero-order chi connectivity index (χ0) is 16.2. The third-order valence-electron chi connectivity index (χ3n) is 3.76. The lowest BCUT2D eigenvalue weighted by molar-refractivity contribution is 0.0678. The maximum Gasteiger partial charge on any atom is 0.289 e. The van der Waals surface area contributed by atoms with Crippen LogP contribution in [0.15, 0.2) is 59.0 Å². The van der Waals surface area contributed by atoms with E-state index in [1.54, 1.807) is 11.0 Å². The molecule has 0 spiro atoms. The molecule has 3 rings (SSSR count). The van der Waals surface area contributed by atoms with Gasteiger partial charge in [0.2, 0.25) is 0 Å². The summed E-state index contributed by atoms with van der Waals surface area (Å²) in [5, 5.41) is 10.2. The van der Waals surface area contributed by atoms with Crippen molar-refractivity contribution in [3.63, 3.8) is 0 Å². The lowest BCUT2D eigenvalue weighted by Gasteiger charge is -2.20. The molecule has 23 heavy (non-hydrogen) atoms. The molecule has 4 heteroatoms. The van der Waals surface area contributed by atoms with Gasteiger partial charge in [0.15, 0.2) is 5.76 Å². The molecule has 0 radical (unpaired) electrons. The molecule has 0 unspecified atom stereocenters. The fourth-order valence-electron chi connectivity index (χ4n) is 2.58. The van der Waals surface area contributed by atoms with Crippen molar-refractivity contribution in [2.45, 2.75) is 13.5 Å². The molecular weight excluding hydrogens is 290 g/mol. The quantitative estimate of drug-likeness (QED) is 0.786. The number of nitrogens with zero attached hydrogens (tertiary/aromatic N) is 1. The van der Waals surface area contributed by atoms with Crippen molar-refractivity contribution in [2.24, 2.45) is 0 Å². The van der Waals surface area contributed by atoms with Crippen LogP contribution in [0.1, 0.15) is 21.7 Å². The first-order valence-corrected chi connectivity index (χ1v) is 7.61. The summed E-state index contributed by atoms with van der Waals surface area (Å²) in [6, 6.07) is 17.3. The number of carbonyl (C=O) groups excluding carboxylic acids is 1. The van der Waals surface area contributed by atoms with Crippen molar-refractivity contribution in [3.8, 4) is 0 Å². The van der Waals surface area contributed by atoms with Crippen LogP contribution in [-0.2, 0) is 6.54 Å². The fraction of sp³-hybridized carbons (Fsp3) is 0.211. The fourth-order valence-corrected chi connectivity index (χ4v) is 2.58. The Hall–Kier alpha value is -2.59. The van der Waals surface area contributed by atoms with Gasteiger partial charge < -0.3 is 14.4 Å². The zero-order valence-electron chi connectivity index (χ0n) is 13.0. The van der Waals surface area contributed by atoms with Crippen molar-refractivity contribution in [3.05, 3.63) is 71.5 Å². The Bertz CT molecular complexity index is 808. The average molecular weight is 309 g/mol. The van der Waals surface area contributed by atoms with Gasteiger partial charge in [0.05, 0.1) is 6.61 Å². The number of hydrogen-bond acceptors (Lipinski definition) is 3. The number of fused-ring (bicyclic) bond motifs is 1. The number of amides is 1. The molecule has 0 fully saturated rings. The van der Waals surface area contributed by atoms with Crippen LogP contribution in [0.25, 0.3) is 11.0 Å². The van der Waals surface area contributed by atoms with Crippen LogP contribution in [0.3, 0.4) is 0 Å². The van der Waals surface area contributed by atoms with E-state index in [1.807, 2.05) is 55.5 Å². The minimum absolute atomic E-state index is 0.0854. The summed E-state index contributed by atoms with van der Waals surface area (Å²) in [4.78, 5) is 14.3. The Morgan fingerprint density at radius 2 is 1.91 bits per heavy atom. The Morgan fingerprint density at radius 1 is 1.13 bits per heavy atom. The molecule has 4 nitrogen and oxygen atoms in total. The smallest absolute Gasteiger partial charge is 0.289 e. The van der Waals surface area contributed by atoms with Crippen molar-refractivity contribution < 1.29 is 14.3 Å². The van der Waals surface area contributed by atoms with Gasteiger partial charge in [-0.15, -0.1) is 0 Å². The molecule has 1 amide bonds. The number of hydrogen-bond donors (Lipinski definition) is 1. The van der Waals surface area contributed by atoms with Gasteiger partial charge >= 0.3 is 0 Å². The van der Waals surface area contributed by atoms with Crippen molar-refractivity contribution in [1.82, 2.24) is 4.90 Å². The van der Waals surface area contributed by atoms with Crippen molar-refractivity contribution in [2.75, 3.05) is 13.2 Å². The SMILES string of the molecule is Cc1ccc2cc(C(=O)N(CCO)Cc3ccccc3)oc2c1. The second-order valence-electron chi connectivity index (χ2n) is 5.59. The summed E-state index contributed by atoms with van der Waals surface area (Å²) in [6.45, 7) is 2.61. The number of aliphatic hydroxyl groups is 1. The third kappa shape index (κ3) is 3.43. The standard InChI is InChI=1S/C19H19NO3/c1-14-7-8-16-12-18(23-17(16)11-14)19(22)20(9-10-21)13-15-5-3-2-4-6-15/h2-8,11-12,21H,9-10,13H2,1H3. The average Bonchev–Trinajstić information content (AvgIpc) is 2.98. The number of aliphatic hydroxyl groups excluding tert-OH is 1. The molecular formula is C19H19NO3. The highest BCUT2D eigenvalue weighted by Gasteiger charge is 2.20.